The summed E-state index contributed by atoms with van der Waals surface area (Å²) in [6.45, 7) is 6.55. The first kappa shape index (κ1) is 19.6. The molecule has 0 aromatic carbocycles. The van der Waals surface area contributed by atoms with E-state index in [-0.39, 0.29) is 0 Å². The first-order valence-corrected chi connectivity index (χ1v) is 10.1. The van der Waals surface area contributed by atoms with E-state index in [4.69, 9.17) is 9.47 Å². The highest BCUT2D eigenvalue weighted by Crippen LogP contribution is 2.56. The molecule has 0 N–H and O–H groups in total. The van der Waals surface area contributed by atoms with Crippen molar-refractivity contribution in [1.82, 2.24) is 4.90 Å². The molecule has 0 saturated carbocycles. The van der Waals surface area contributed by atoms with Crippen LogP contribution in [-0.4, -0.2) is 56.3 Å². The summed E-state index contributed by atoms with van der Waals surface area (Å²) in [4.78, 5) is 36.9. The zero-order chi connectivity index (χ0) is 18.9. The van der Waals surface area contributed by atoms with Gasteiger partial charge in [0, 0.05) is 20.8 Å². The maximum atomic E-state index is 12.7. The quantitative estimate of drug-likeness (QED) is 0.252. The van der Waals surface area contributed by atoms with Crippen LogP contribution in [0.4, 0.5) is 0 Å². The molecule has 2 aliphatic rings. The minimum Gasteiger partial charge on any atom is -0.423 e. The van der Waals surface area contributed by atoms with Gasteiger partial charge < -0.3 is 14.4 Å². The van der Waals surface area contributed by atoms with Gasteiger partial charge in [0.1, 0.15) is 10.8 Å². The Morgan fingerprint density at radius 2 is 1.71 bits per heavy atom. The van der Waals surface area contributed by atoms with Gasteiger partial charge in [-0.2, -0.15) is 0 Å². The first-order valence-electron chi connectivity index (χ1n) is 6.94. The van der Waals surface area contributed by atoms with Crippen LogP contribution in [0.25, 0.3) is 0 Å². The standard InChI is InChI=1S/C13H17Br2NO7S/c1-6(17)22-12(4,5)23-8(18)7-11(2,3)24(20,21)10-13(14,15)9(19)16(7)10/h7,10H,1-5H3/t7-,10+/m0/s1. The summed E-state index contributed by atoms with van der Waals surface area (Å²) in [5.41, 5.74) is 0. The molecule has 0 radical (unpaired) electrons. The Hall–Kier alpha value is -0.680. The maximum absolute atomic E-state index is 12.7. The number of nitrogens with zero attached hydrogens (tertiary/aromatic N) is 1. The largest absolute Gasteiger partial charge is 0.423 e. The van der Waals surface area contributed by atoms with Crippen molar-refractivity contribution >= 4 is 59.5 Å². The van der Waals surface area contributed by atoms with E-state index in [9.17, 15) is 22.8 Å². The second-order valence-electron chi connectivity index (χ2n) is 6.65. The average molecular weight is 491 g/mol. The zero-order valence-electron chi connectivity index (χ0n) is 13.6. The Bertz CT molecular complexity index is 729. The van der Waals surface area contributed by atoms with Gasteiger partial charge >= 0.3 is 11.9 Å². The number of sulfone groups is 1. The molecule has 1 amide bonds. The van der Waals surface area contributed by atoms with Crippen LogP contribution >= 0.6 is 31.9 Å². The number of β-lactam (4-membered cyclic amide) rings is 1. The van der Waals surface area contributed by atoms with E-state index in [0.29, 0.717) is 0 Å². The van der Waals surface area contributed by atoms with Crippen LogP contribution in [0.3, 0.4) is 0 Å². The zero-order valence-corrected chi connectivity index (χ0v) is 17.6. The number of alkyl halides is 2. The number of hydrogen-bond donors (Lipinski definition) is 0. The number of carbonyl (C=O) groups excluding carboxylic acids is 3. The highest BCUT2D eigenvalue weighted by atomic mass is 79.9. The molecule has 0 unspecified atom stereocenters. The Morgan fingerprint density at radius 3 is 2.17 bits per heavy atom. The molecular formula is C13H17Br2NO7S. The molecule has 2 saturated heterocycles. The van der Waals surface area contributed by atoms with Crippen LogP contribution < -0.4 is 0 Å². The van der Waals surface area contributed by atoms with Gasteiger partial charge in [-0.25, -0.2) is 13.2 Å². The lowest BCUT2D eigenvalue weighted by molar-refractivity contribution is -0.219. The Labute approximate surface area is 156 Å². The molecule has 2 fully saturated rings. The van der Waals surface area contributed by atoms with Crippen molar-refractivity contribution in [2.75, 3.05) is 0 Å². The Morgan fingerprint density at radius 1 is 1.21 bits per heavy atom. The molecule has 0 aromatic rings. The topological polar surface area (TPSA) is 107 Å². The van der Waals surface area contributed by atoms with Crippen LogP contribution in [0.5, 0.6) is 0 Å². The van der Waals surface area contributed by atoms with Crippen molar-refractivity contribution < 1.29 is 32.3 Å². The summed E-state index contributed by atoms with van der Waals surface area (Å²) in [6.07, 6.45) is 0. The summed E-state index contributed by atoms with van der Waals surface area (Å²) in [7, 11) is -3.88. The molecule has 0 spiro atoms. The van der Waals surface area contributed by atoms with Gasteiger partial charge in [0.25, 0.3) is 11.7 Å². The number of amides is 1. The van der Waals surface area contributed by atoms with Gasteiger partial charge in [-0.05, 0) is 13.8 Å². The Balaban J connectivity index is 2.38. The molecule has 2 atom stereocenters. The van der Waals surface area contributed by atoms with Crippen LogP contribution in [-0.2, 0) is 33.7 Å². The lowest BCUT2D eigenvalue weighted by atomic mass is 9.98. The number of ether oxygens (including phenoxy) is 2. The summed E-state index contributed by atoms with van der Waals surface area (Å²) < 4.78 is 32.5. The minimum absolute atomic E-state index is 0.589. The van der Waals surface area contributed by atoms with Gasteiger partial charge in [0.15, 0.2) is 18.4 Å². The van der Waals surface area contributed by atoms with Crippen LogP contribution in [0.2, 0.25) is 0 Å². The number of halogens is 2. The molecule has 0 bridgehead atoms. The number of fused-ring (bicyclic) bond motifs is 1. The molecule has 0 aromatic heterocycles. The lowest BCUT2D eigenvalue weighted by Gasteiger charge is -2.45. The predicted octanol–water partition coefficient (Wildman–Crippen LogP) is 1.06. The molecule has 11 heteroatoms. The van der Waals surface area contributed by atoms with E-state index >= 15 is 0 Å². The molecule has 136 valence electrons. The van der Waals surface area contributed by atoms with E-state index in [0.717, 1.165) is 11.8 Å². The highest BCUT2D eigenvalue weighted by Gasteiger charge is 2.77. The van der Waals surface area contributed by atoms with Crippen molar-refractivity contribution in [3.8, 4) is 0 Å². The summed E-state index contributed by atoms with van der Waals surface area (Å²) >= 11 is 6.12. The number of hydrogen-bond acceptors (Lipinski definition) is 7. The molecule has 2 aliphatic heterocycles. The predicted molar refractivity (Wildman–Crippen MR) is 89.9 cm³/mol. The van der Waals surface area contributed by atoms with Gasteiger partial charge in [0.2, 0.25) is 0 Å². The Kier molecular flexibility index (Phi) is 4.42. The smallest absolute Gasteiger partial charge is 0.333 e. The lowest BCUT2D eigenvalue weighted by Crippen LogP contribution is -2.69. The van der Waals surface area contributed by atoms with E-state index in [1.54, 1.807) is 0 Å². The highest BCUT2D eigenvalue weighted by molar-refractivity contribution is 9.26. The number of carbonyl (C=O) groups is 3. The van der Waals surface area contributed by atoms with Gasteiger partial charge in [0.05, 0.1) is 0 Å². The van der Waals surface area contributed by atoms with Crippen LogP contribution in [0, 0.1) is 0 Å². The number of esters is 2. The minimum atomic E-state index is -3.88. The molecular weight excluding hydrogens is 474 g/mol. The van der Waals surface area contributed by atoms with Gasteiger partial charge in [-0.3, -0.25) is 9.59 Å². The molecule has 8 nitrogen and oxygen atoms in total. The third-order valence-electron chi connectivity index (χ3n) is 4.01. The molecule has 0 aliphatic carbocycles. The second kappa shape index (κ2) is 5.41. The third kappa shape index (κ3) is 2.59. The van der Waals surface area contributed by atoms with Crippen molar-refractivity contribution in [2.45, 2.75) is 59.8 Å². The summed E-state index contributed by atoms with van der Waals surface area (Å²) in [6, 6.07) is -1.35. The molecule has 2 rings (SSSR count). The summed E-state index contributed by atoms with van der Waals surface area (Å²) in [5.74, 6) is -3.80. The van der Waals surface area contributed by atoms with E-state index in [1.165, 1.54) is 27.7 Å². The van der Waals surface area contributed by atoms with Gasteiger partial charge in [-0.15, -0.1) is 0 Å². The molecule has 24 heavy (non-hydrogen) atoms. The van der Waals surface area contributed by atoms with E-state index < -0.39 is 52.9 Å². The first-order chi connectivity index (χ1) is 10.6. The monoisotopic (exact) mass is 489 g/mol. The van der Waals surface area contributed by atoms with Crippen LogP contribution in [0.15, 0.2) is 0 Å². The number of rotatable bonds is 3. The SMILES string of the molecule is CC(=O)OC(C)(C)OC(=O)[C@@H]1N2C(=O)C(Br)(Br)[C@H]2S(=O)(=O)C1(C)C. The van der Waals surface area contributed by atoms with Gasteiger partial charge in [-0.1, -0.05) is 31.9 Å². The van der Waals surface area contributed by atoms with Crippen molar-refractivity contribution in [3.05, 3.63) is 0 Å². The van der Waals surface area contributed by atoms with Crippen LogP contribution in [0.1, 0.15) is 34.6 Å². The average Bonchev–Trinajstić information content (AvgIpc) is 2.49. The fourth-order valence-corrected chi connectivity index (χ4v) is 7.36. The van der Waals surface area contributed by atoms with Crippen molar-refractivity contribution in [1.29, 1.82) is 0 Å². The fourth-order valence-electron chi connectivity index (χ4n) is 2.93. The second-order valence-corrected chi connectivity index (χ2v) is 12.8. The normalized spacial score (nSPS) is 29.5. The maximum Gasteiger partial charge on any atom is 0.333 e. The van der Waals surface area contributed by atoms with E-state index in [2.05, 4.69) is 31.9 Å². The summed E-state index contributed by atoms with van der Waals surface area (Å²) in [5, 5.41) is -1.23. The fraction of sp³-hybridized carbons (Fsp3) is 0.769. The van der Waals surface area contributed by atoms with Crippen molar-refractivity contribution in [2.24, 2.45) is 0 Å². The van der Waals surface area contributed by atoms with Crippen molar-refractivity contribution in [3.63, 3.8) is 0 Å². The third-order valence-corrected chi connectivity index (χ3v) is 9.02. The van der Waals surface area contributed by atoms with E-state index in [1.807, 2.05) is 0 Å². The molecule has 2 heterocycles.